The summed E-state index contributed by atoms with van der Waals surface area (Å²) < 4.78 is 19.7. The van der Waals surface area contributed by atoms with Crippen LogP contribution in [0.25, 0.3) is 0 Å². The van der Waals surface area contributed by atoms with Gasteiger partial charge in [-0.2, -0.15) is 0 Å². The summed E-state index contributed by atoms with van der Waals surface area (Å²) in [5, 5.41) is 4.10. The van der Waals surface area contributed by atoms with Crippen molar-refractivity contribution in [3.05, 3.63) is 63.4 Å². The minimum absolute atomic E-state index is 0.285. The molecule has 4 nitrogen and oxygen atoms in total. The van der Waals surface area contributed by atoms with Gasteiger partial charge in [-0.15, -0.1) is 0 Å². The Hall–Kier alpha value is -1.82. The fourth-order valence-corrected chi connectivity index (χ4v) is 4.19. The van der Waals surface area contributed by atoms with E-state index in [2.05, 4.69) is 5.32 Å². The van der Waals surface area contributed by atoms with E-state index in [4.69, 9.17) is 27.9 Å². The van der Waals surface area contributed by atoms with E-state index in [1.54, 1.807) is 43.3 Å². The van der Waals surface area contributed by atoms with Crippen molar-refractivity contribution in [1.29, 1.82) is 0 Å². The number of nitrogens with zero attached hydrogens (tertiary/aromatic N) is 1. The molecule has 150 valence electrons. The SMILES string of the molecule is CN(C)c1ccc(C(=O)NCC2(c3ccc(Cl)cc3Cl)CCOCC2)cc1F. The molecule has 0 radical (unpaired) electrons. The fraction of sp³-hybridized carbons (Fsp3) is 0.381. The number of ether oxygens (including phenoxy) is 1. The highest BCUT2D eigenvalue weighted by Gasteiger charge is 2.36. The number of amides is 1. The van der Waals surface area contributed by atoms with Gasteiger partial charge in [0.25, 0.3) is 5.91 Å². The monoisotopic (exact) mass is 424 g/mol. The highest BCUT2D eigenvalue weighted by atomic mass is 35.5. The largest absolute Gasteiger partial charge is 0.381 e. The average molecular weight is 425 g/mol. The first-order chi connectivity index (χ1) is 13.3. The van der Waals surface area contributed by atoms with Gasteiger partial charge in [0, 0.05) is 54.9 Å². The van der Waals surface area contributed by atoms with E-state index < -0.39 is 5.82 Å². The molecule has 0 aliphatic carbocycles. The lowest BCUT2D eigenvalue weighted by atomic mass is 9.74. The standard InChI is InChI=1S/C21H23Cl2FN2O2/c1-26(2)19-6-3-14(11-18(19)24)20(27)25-13-21(7-9-28-10-8-21)16-5-4-15(22)12-17(16)23/h3-6,11-12H,7-10,13H2,1-2H3,(H,25,27). The molecule has 1 saturated heterocycles. The van der Waals surface area contributed by atoms with Crippen molar-refractivity contribution in [3.8, 4) is 0 Å². The number of rotatable bonds is 5. The second kappa shape index (κ2) is 8.68. The van der Waals surface area contributed by atoms with Gasteiger partial charge in [-0.05, 0) is 48.7 Å². The normalized spacial score (nSPS) is 15.9. The molecule has 1 aliphatic rings. The smallest absolute Gasteiger partial charge is 0.251 e. The van der Waals surface area contributed by atoms with Crippen molar-refractivity contribution < 1.29 is 13.9 Å². The van der Waals surface area contributed by atoms with Crippen LogP contribution in [-0.2, 0) is 10.2 Å². The maximum Gasteiger partial charge on any atom is 0.251 e. The van der Waals surface area contributed by atoms with E-state index in [-0.39, 0.29) is 16.9 Å². The predicted octanol–water partition coefficient (Wildman–Crippen LogP) is 4.68. The van der Waals surface area contributed by atoms with E-state index in [1.807, 2.05) is 6.07 Å². The maximum absolute atomic E-state index is 14.2. The molecule has 1 N–H and O–H groups in total. The Labute approximate surface area is 174 Å². The molecule has 0 unspecified atom stereocenters. The first kappa shape index (κ1) is 20.9. The van der Waals surface area contributed by atoms with E-state index in [0.717, 1.165) is 18.4 Å². The molecule has 1 amide bonds. The van der Waals surface area contributed by atoms with Gasteiger partial charge in [-0.1, -0.05) is 29.3 Å². The van der Waals surface area contributed by atoms with Crippen LogP contribution in [0.3, 0.4) is 0 Å². The molecular formula is C21H23Cl2FN2O2. The van der Waals surface area contributed by atoms with Crippen LogP contribution in [0, 0.1) is 5.82 Å². The van der Waals surface area contributed by atoms with Crippen LogP contribution >= 0.6 is 23.2 Å². The Kier molecular flexibility index (Phi) is 6.48. The van der Waals surface area contributed by atoms with Crippen molar-refractivity contribution in [2.75, 3.05) is 38.8 Å². The molecule has 0 aromatic heterocycles. The van der Waals surface area contributed by atoms with E-state index in [9.17, 15) is 9.18 Å². The van der Waals surface area contributed by atoms with Crippen LogP contribution in [0.4, 0.5) is 10.1 Å². The summed E-state index contributed by atoms with van der Waals surface area (Å²) in [6, 6.07) is 9.92. The molecule has 1 heterocycles. The summed E-state index contributed by atoms with van der Waals surface area (Å²) in [4.78, 5) is 14.3. The minimum Gasteiger partial charge on any atom is -0.381 e. The lowest BCUT2D eigenvalue weighted by Crippen LogP contribution is -2.44. The number of halogens is 3. The van der Waals surface area contributed by atoms with Crippen LogP contribution in [-0.4, -0.2) is 39.8 Å². The van der Waals surface area contributed by atoms with E-state index >= 15 is 0 Å². The third kappa shape index (κ3) is 4.43. The van der Waals surface area contributed by atoms with Crippen LogP contribution in [0.2, 0.25) is 10.0 Å². The summed E-state index contributed by atoms with van der Waals surface area (Å²) in [7, 11) is 3.51. The molecular weight excluding hydrogens is 402 g/mol. The minimum atomic E-state index is -0.431. The van der Waals surface area contributed by atoms with Gasteiger partial charge in [-0.3, -0.25) is 4.79 Å². The second-order valence-electron chi connectivity index (χ2n) is 7.26. The molecule has 1 fully saturated rings. The summed E-state index contributed by atoms with van der Waals surface area (Å²) in [6.45, 7) is 1.55. The molecule has 7 heteroatoms. The molecule has 3 rings (SSSR count). The number of hydrogen-bond acceptors (Lipinski definition) is 3. The Morgan fingerprint density at radius 1 is 1.18 bits per heavy atom. The Bertz CT molecular complexity index is 867. The quantitative estimate of drug-likeness (QED) is 0.757. The van der Waals surface area contributed by atoms with Crippen LogP contribution in [0.1, 0.15) is 28.8 Å². The van der Waals surface area contributed by atoms with Gasteiger partial charge in [0.2, 0.25) is 0 Å². The van der Waals surface area contributed by atoms with Crippen molar-refractivity contribution in [2.45, 2.75) is 18.3 Å². The number of hydrogen-bond donors (Lipinski definition) is 1. The van der Waals surface area contributed by atoms with Crippen molar-refractivity contribution >= 4 is 34.8 Å². The van der Waals surface area contributed by atoms with Gasteiger partial charge < -0.3 is 15.0 Å². The molecule has 0 atom stereocenters. The fourth-order valence-electron chi connectivity index (χ4n) is 3.59. The number of nitrogens with one attached hydrogen (secondary N) is 1. The average Bonchev–Trinajstić information content (AvgIpc) is 2.66. The summed E-state index contributed by atoms with van der Waals surface area (Å²) >= 11 is 12.5. The van der Waals surface area contributed by atoms with Crippen molar-refractivity contribution in [1.82, 2.24) is 5.32 Å². The summed E-state index contributed by atoms with van der Waals surface area (Å²) in [6.07, 6.45) is 1.45. The Morgan fingerprint density at radius 3 is 2.50 bits per heavy atom. The Morgan fingerprint density at radius 2 is 1.89 bits per heavy atom. The lowest BCUT2D eigenvalue weighted by molar-refractivity contribution is 0.0487. The second-order valence-corrected chi connectivity index (χ2v) is 8.10. The topological polar surface area (TPSA) is 41.6 Å². The number of carbonyl (C=O) groups is 1. The van der Waals surface area contributed by atoms with Crippen LogP contribution in [0.15, 0.2) is 36.4 Å². The van der Waals surface area contributed by atoms with Crippen LogP contribution < -0.4 is 10.2 Å². The van der Waals surface area contributed by atoms with E-state index in [0.29, 0.717) is 35.5 Å². The first-order valence-electron chi connectivity index (χ1n) is 9.11. The van der Waals surface area contributed by atoms with Gasteiger partial charge in [0.05, 0.1) is 5.69 Å². The van der Waals surface area contributed by atoms with Gasteiger partial charge >= 0.3 is 0 Å². The molecule has 0 saturated carbocycles. The van der Waals surface area contributed by atoms with Gasteiger partial charge in [-0.25, -0.2) is 4.39 Å². The van der Waals surface area contributed by atoms with Crippen molar-refractivity contribution in [2.24, 2.45) is 0 Å². The molecule has 28 heavy (non-hydrogen) atoms. The van der Waals surface area contributed by atoms with Gasteiger partial charge in [0.1, 0.15) is 5.82 Å². The van der Waals surface area contributed by atoms with Crippen LogP contribution in [0.5, 0.6) is 0 Å². The summed E-state index contributed by atoms with van der Waals surface area (Å²) in [5.74, 6) is -0.751. The van der Waals surface area contributed by atoms with E-state index in [1.165, 1.54) is 6.07 Å². The zero-order valence-electron chi connectivity index (χ0n) is 15.9. The third-order valence-corrected chi connectivity index (χ3v) is 5.78. The molecule has 1 aliphatic heterocycles. The van der Waals surface area contributed by atoms with Gasteiger partial charge in [0.15, 0.2) is 0 Å². The zero-order valence-corrected chi connectivity index (χ0v) is 17.4. The predicted molar refractivity (Wildman–Crippen MR) is 111 cm³/mol. The van der Waals surface area contributed by atoms with Crippen molar-refractivity contribution in [3.63, 3.8) is 0 Å². The first-order valence-corrected chi connectivity index (χ1v) is 9.86. The maximum atomic E-state index is 14.2. The lowest BCUT2D eigenvalue weighted by Gasteiger charge is -2.38. The Balaban J connectivity index is 1.81. The third-order valence-electron chi connectivity index (χ3n) is 5.23. The number of anilines is 1. The zero-order chi connectivity index (χ0) is 20.3. The highest BCUT2D eigenvalue weighted by Crippen LogP contribution is 2.39. The molecule has 2 aromatic rings. The highest BCUT2D eigenvalue weighted by molar-refractivity contribution is 6.35. The molecule has 0 bridgehead atoms. The number of carbonyl (C=O) groups excluding carboxylic acids is 1. The molecule has 0 spiro atoms. The summed E-state index contributed by atoms with van der Waals surface area (Å²) in [5.41, 5.74) is 1.31. The molecule has 2 aromatic carbocycles. The number of benzene rings is 2.